The van der Waals surface area contributed by atoms with Crippen LogP contribution in [0.25, 0.3) is 0 Å². The first-order chi connectivity index (χ1) is 12.0. The van der Waals surface area contributed by atoms with Crippen LogP contribution in [0, 0.1) is 12.8 Å². The number of carbonyl (C=O) groups excluding carboxylic acids is 2. The topological polar surface area (TPSA) is 49.4 Å². The van der Waals surface area contributed by atoms with Gasteiger partial charge in [-0.3, -0.25) is 9.59 Å². The van der Waals surface area contributed by atoms with E-state index in [1.54, 1.807) is 29.2 Å². The summed E-state index contributed by atoms with van der Waals surface area (Å²) in [7, 11) is 0. The van der Waals surface area contributed by atoms with Crippen molar-refractivity contribution in [2.75, 3.05) is 18.4 Å². The van der Waals surface area contributed by atoms with E-state index in [0.717, 1.165) is 24.1 Å². The fourth-order valence-corrected chi connectivity index (χ4v) is 3.32. The molecule has 1 heterocycles. The van der Waals surface area contributed by atoms with Crippen molar-refractivity contribution in [1.29, 1.82) is 0 Å². The van der Waals surface area contributed by atoms with Crippen LogP contribution in [-0.4, -0.2) is 29.8 Å². The van der Waals surface area contributed by atoms with Gasteiger partial charge in [0.2, 0.25) is 5.91 Å². The van der Waals surface area contributed by atoms with Crippen LogP contribution < -0.4 is 5.32 Å². The van der Waals surface area contributed by atoms with Crippen LogP contribution in [0.4, 0.5) is 5.69 Å². The Morgan fingerprint density at radius 3 is 2.72 bits per heavy atom. The summed E-state index contributed by atoms with van der Waals surface area (Å²) in [6.45, 7) is 3.06. The zero-order valence-electron chi connectivity index (χ0n) is 14.2. The molecule has 130 valence electrons. The van der Waals surface area contributed by atoms with E-state index < -0.39 is 0 Å². The van der Waals surface area contributed by atoms with E-state index in [2.05, 4.69) is 5.32 Å². The largest absolute Gasteiger partial charge is 0.338 e. The molecule has 1 atom stereocenters. The van der Waals surface area contributed by atoms with E-state index >= 15 is 0 Å². The molecule has 1 fully saturated rings. The number of anilines is 1. The van der Waals surface area contributed by atoms with Crippen LogP contribution >= 0.6 is 11.6 Å². The molecule has 4 nitrogen and oxygen atoms in total. The summed E-state index contributed by atoms with van der Waals surface area (Å²) >= 11 is 5.98. The molecule has 0 aromatic heterocycles. The maximum atomic E-state index is 12.7. The molecule has 25 heavy (non-hydrogen) atoms. The zero-order chi connectivity index (χ0) is 17.8. The molecule has 1 aliphatic rings. The zero-order valence-corrected chi connectivity index (χ0v) is 14.9. The lowest BCUT2D eigenvalue weighted by atomic mass is 9.96. The number of hydrogen-bond donors (Lipinski definition) is 1. The molecule has 1 aliphatic heterocycles. The van der Waals surface area contributed by atoms with Gasteiger partial charge in [-0.2, -0.15) is 0 Å². The predicted octanol–water partition coefficient (Wildman–Crippen LogP) is 4.14. The van der Waals surface area contributed by atoms with Crippen molar-refractivity contribution < 1.29 is 9.59 Å². The van der Waals surface area contributed by atoms with E-state index in [-0.39, 0.29) is 17.7 Å². The molecule has 0 bridgehead atoms. The van der Waals surface area contributed by atoms with Crippen molar-refractivity contribution >= 4 is 29.1 Å². The molecule has 0 saturated carbocycles. The fourth-order valence-electron chi connectivity index (χ4n) is 3.13. The van der Waals surface area contributed by atoms with Crippen molar-refractivity contribution in [1.82, 2.24) is 4.90 Å². The Kier molecular flexibility index (Phi) is 5.39. The average Bonchev–Trinajstić information content (AvgIpc) is 2.63. The fraction of sp³-hybridized carbons (Fsp3) is 0.300. The standard InChI is InChI=1S/C20H21ClN2O2/c1-14-6-2-3-10-18(14)22-19(24)16-8-5-11-23(13-16)20(25)15-7-4-9-17(21)12-15/h2-4,6-7,9-10,12,16H,5,8,11,13H2,1H3,(H,22,24)/t16-/m1/s1. The number of amides is 2. The number of para-hydroxylation sites is 1. The summed E-state index contributed by atoms with van der Waals surface area (Å²) in [5.41, 5.74) is 2.41. The number of nitrogens with one attached hydrogen (secondary N) is 1. The first-order valence-electron chi connectivity index (χ1n) is 8.46. The van der Waals surface area contributed by atoms with Crippen molar-refractivity contribution in [3.8, 4) is 0 Å². The minimum atomic E-state index is -0.198. The van der Waals surface area contributed by atoms with Crippen LogP contribution in [0.2, 0.25) is 5.02 Å². The lowest BCUT2D eigenvalue weighted by Crippen LogP contribution is -2.43. The van der Waals surface area contributed by atoms with E-state index in [1.165, 1.54) is 0 Å². The number of aryl methyl sites for hydroxylation is 1. The highest BCUT2D eigenvalue weighted by molar-refractivity contribution is 6.30. The van der Waals surface area contributed by atoms with Crippen LogP contribution in [0.1, 0.15) is 28.8 Å². The van der Waals surface area contributed by atoms with Crippen molar-refractivity contribution in [2.24, 2.45) is 5.92 Å². The van der Waals surface area contributed by atoms with Crippen molar-refractivity contribution in [2.45, 2.75) is 19.8 Å². The summed E-state index contributed by atoms with van der Waals surface area (Å²) in [5, 5.41) is 3.53. The summed E-state index contributed by atoms with van der Waals surface area (Å²) in [5.74, 6) is -0.301. The van der Waals surface area contributed by atoms with Gasteiger partial charge in [-0.1, -0.05) is 35.9 Å². The SMILES string of the molecule is Cc1ccccc1NC(=O)[C@@H]1CCCN(C(=O)c2cccc(Cl)c2)C1. The van der Waals surface area contributed by atoms with Gasteiger partial charge in [-0.15, -0.1) is 0 Å². The van der Waals surface area contributed by atoms with Gasteiger partial charge in [0, 0.05) is 29.4 Å². The molecule has 0 spiro atoms. The number of likely N-dealkylation sites (tertiary alicyclic amines) is 1. The lowest BCUT2D eigenvalue weighted by Gasteiger charge is -2.32. The van der Waals surface area contributed by atoms with Crippen molar-refractivity contribution in [3.63, 3.8) is 0 Å². The molecule has 5 heteroatoms. The molecule has 1 N–H and O–H groups in total. The van der Waals surface area contributed by atoms with Crippen LogP contribution in [-0.2, 0) is 4.79 Å². The Morgan fingerprint density at radius 2 is 1.96 bits per heavy atom. The highest BCUT2D eigenvalue weighted by atomic mass is 35.5. The molecule has 2 aromatic rings. The van der Waals surface area contributed by atoms with Gasteiger partial charge in [0.15, 0.2) is 0 Å². The average molecular weight is 357 g/mol. The van der Waals surface area contributed by atoms with Crippen LogP contribution in [0.3, 0.4) is 0 Å². The maximum Gasteiger partial charge on any atom is 0.253 e. The summed E-state index contributed by atoms with van der Waals surface area (Å²) in [4.78, 5) is 27.0. The molecular weight excluding hydrogens is 336 g/mol. The normalized spacial score (nSPS) is 17.2. The smallest absolute Gasteiger partial charge is 0.253 e. The molecule has 2 aromatic carbocycles. The Hall–Kier alpha value is -2.33. The highest BCUT2D eigenvalue weighted by Crippen LogP contribution is 2.22. The number of nitrogens with zero attached hydrogens (tertiary/aromatic N) is 1. The second-order valence-corrected chi connectivity index (χ2v) is 6.84. The molecule has 3 rings (SSSR count). The molecule has 0 radical (unpaired) electrons. The summed E-state index contributed by atoms with van der Waals surface area (Å²) in [6, 6.07) is 14.6. The van der Waals surface area contributed by atoms with Gasteiger partial charge >= 0.3 is 0 Å². The van der Waals surface area contributed by atoms with Crippen LogP contribution in [0.5, 0.6) is 0 Å². The first-order valence-corrected chi connectivity index (χ1v) is 8.84. The molecule has 0 unspecified atom stereocenters. The van der Waals surface area contributed by atoms with Crippen LogP contribution in [0.15, 0.2) is 48.5 Å². The Bertz CT molecular complexity index is 791. The molecule has 1 saturated heterocycles. The highest BCUT2D eigenvalue weighted by Gasteiger charge is 2.29. The van der Waals surface area contributed by atoms with Gasteiger partial charge in [-0.05, 0) is 49.6 Å². The lowest BCUT2D eigenvalue weighted by molar-refractivity contribution is -0.121. The minimum Gasteiger partial charge on any atom is -0.338 e. The monoisotopic (exact) mass is 356 g/mol. The van der Waals surface area contributed by atoms with E-state index in [0.29, 0.717) is 23.7 Å². The summed E-state index contributed by atoms with van der Waals surface area (Å²) < 4.78 is 0. The summed E-state index contributed by atoms with van der Waals surface area (Å²) in [6.07, 6.45) is 1.61. The third-order valence-electron chi connectivity index (χ3n) is 4.55. The van der Waals surface area contributed by atoms with Gasteiger partial charge in [0.05, 0.1) is 5.92 Å². The number of rotatable bonds is 3. The van der Waals surface area contributed by atoms with E-state index in [4.69, 9.17) is 11.6 Å². The second-order valence-electron chi connectivity index (χ2n) is 6.40. The number of piperidine rings is 1. The molecule has 2 amide bonds. The number of hydrogen-bond acceptors (Lipinski definition) is 2. The van der Waals surface area contributed by atoms with Crippen molar-refractivity contribution in [3.05, 3.63) is 64.7 Å². The number of carbonyl (C=O) groups is 2. The Morgan fingerprint density at radius 1 is 1.16 bits per heavy atom. The predicted molar refractivity (Wildman–Crippen MR) is 99.9 cm³/mol. The second kappa shape index (κ2) is 7.70. The van der Waals surface area contributed by atoms with Gasteiger partial charge < -0.3 is 10.2 Å². The third kappa shape index (κ3) is 4.20. The maximum absolute atomic E-state index is 12.7. The molecule has 0 aliphatic carbocycles. The van der Waals surface area contributed by atoms with Gasteiger partial charge in [-0.25, -0.2) is 0 Å². The third-order valence-corrected chi connectivity index (χ3v) is 4.79. The number of benzene rings is 2. The minimum absolute atomic E-state index is 0.0297. The van der Waals surface area contributed by atoms with E-state index in [1.807, 2.05) is 31.2 Å². The van der Waals surface area contributed by atoms with Gasteiger partial charge in [0.25, 0.3) is 5.91 Å². The Balaban J connectivity index is 1.67. The molecular formula is C20H21ClN2O2. The first kappa shape index (κ1) is 17.5. The van der Waals surface area contributed by atoms with E-state index in [9.17, 15) is 9.59 Å². The number of halogens is 1. The van der Waals surface area contributed by atoms with Gasteiger partial charge in [0.1, 0.15) is 0 Å². The Labute approximate surface area is 152 Å². The quantitative estimate of drug-likeness (QED) is 0.898.